The largest absolute Gasteiger partial charge is 0.380 e. The van der Waals surface area contributed by atoms with Crippen LogP contribution in [0.5, 0.6) is 0 Å². The summed E-state index contributed by atoms with van der Waals surface area (Å²) in [4.78, 5) is 0. The lowest BCUT2D eigenvalue weighted by Crippen LogP contribution is -2.20. The van der Waals surface area contributed by atoms with E-state index >= 15 is 0 Å². The first kappa shape index (κ1) is 13.0. The van der Waals surface area contributed by atoms with Crippen LogP contribution in [0, 0.1) is 17.1 Å². The molecular formula is C16H12ClFN2. The lowest BCUT2D eigenvalue weighted by molar-refractivity contribution is 0.623. The van der Waals surface area contributed by atoms with Gasteiger partial charge in [-0.1, -0.05) is 23.7 Å². The van der Waals surface area contributed by atoms with Gasteiger partial charge in [0.15, 0.2) is 0 Å². The number of hydrogen-bond acceptors (Lipinski definition) is 2. The minimum atomic E-state index is -0.490. The molecule has 0 radical (unpaired) electrons. The topological polar surface area (TPSA) is 35.8 Å². The van der Waals surface area contributed by atoms with E-state index in [1.165, 1.54) is 17.2 Å². The Balaban J connectivity index is 1.82. The van der Waals surface area contributed by atoms with E-state index in [-0.39, 0.29) is 11.6 Å². The van der Waals surface area contributed by atoms with Crippen LogP contribution >= 0.6 is 11.6 Å². The summed E-state index contributed by atoms with van der Waals surface area (Å²) < 4.78 is 13.6. The molecule has 3 rings (SSSR count). The third-order valence-corrected chi connectivity index (χ3v) is 3.82. The van der Waals surface area contributed by atoms with E-state index in [0.29, 0.717) is 5.69 Å². The van der Waals surface area contributed by atoms with Crippen LogP contribution in [-0.2, 0) is 12.8 Å². The molecule has 1 atom stereocenters. The summed E-state index contributed by atoms with van der Waals surface area (Å²) in [6.07, 6.45) is 1.69. The monoisotopic (exact) mass is 286 g/mol. The van der Waals surface area contributed by atoms with Gasteiger partial charge in [-0.15, -0.1) is 0 Å². The number of rotatable bonds is 2. The van der Waals surface area contributed by atoms with Gasteiger partial charge >= 0.3 is 0 Å². The molecule has 0 saturated carbocycles. The molecule has 100 valence electrons. The van der Waals surface area contributed by atoms with Crippen molar-refractivity contribution in [1.29, 1.82) is 5.26 Å². The third-order valence-electron chi connectivity index (χ3n) is 3.59. The standard InChI is InChI=1S/C16H12ClFN2/c17-12-5-4-10-7-13(8-11(10)6-12)20-16-3-1-2-15(18)14(16)9-19/h1-6,13,20H,7-8H2. The highest BCUT2D eigenvalue weighted by Crippen LogP contribution is 2.28. The molecule has 1 unspecified atom stereocenters. The molecule has 2 aromatic rings. The van der Waals surface area contributed by atoms with Crippen molar-refractivity contribution in [1.82, 2.24) is 0 Å². The van der Waals surface area contributed by atoms with E-state index in [1.54, 1.807) is 12.1 Å². The molecule has 0 spiro atoms. The van der Waals surface area contributed by atoms with Crippen molar-refractivity contribution in [3.63, 3.8) is 0 Å². The predicted molar refractivity (Wildman–Crippen MR) is 77.4 cm³/mol. The molecule has 20 heavy (non-hydrogen) atoms. The number of nitriles is 1. The maximum atomic E-state index is 13.6. The molecule has 0 aliphatic heterocycles. The van der Waals surface area contributed by atoms with Gasteiger partial charge in [0.25, 0.3) is 0 Å². The maximum absolute atomic E-state index is 13.6. The SMILES string of the molecule is N#Cc1c(F)cccc1NC1Cc2ccc(Cl)cc2C1. The quantitative estimate of drug-likeness (QED) is 0.908. The van der Waals surface area contributed by atoms with Crippen molar-refractivity contribution < 1.29 is 4.39 Å². The summed E-state index contributed by atoms with van der Waals surface area (Å²) in [6, 6.07) is 12.6. The van der Waals surface area contributed by atoms with Gasteiger partial charge in [-0.25, -0.2) is 4.39 Å². The molecule has 4 heteroatoms. The second-order valence-electron chi connectivity index (χ2n) is 4.94. The fourth-order valence-electron chi connectivity index (χ4n) is 2.67. The fourth-order valence-corrected chi connectivity index (χ4v) is 2.86. The molecule has 0 fully saturated rings. The van der Waals surface area contributed by atoms with E-state index in [2.05, 4.69) is 5.32 Å². The molecule has 0 bridgehead atoms. The Kier molecular flexibility index (Phi) is 3.33. The zero-order valence-electron chi connectivity index (χ0n) is 10.7. The number of hydrogen-bond donors (Lipinski definition) is 1. The van der Waals surface area contributed by atoms with Crippen LogP contribution in [0.2, 0.25) is 5.02 Å². The highest BCUT2D eigenvalue weighted by molar-refractivity contribution is 6.30. The fraction of sp³-hybridized carbons (Fsp3) is 0.188. The average molecular weight is 287 g/mol. The van der Waals surface area contributed by atoms with Crippen LogP contribution in [-0.4, -0.2) is 6.04 Å². The van der Waals surface area contributed by atoms with Gasteiger partial charge in [-0.3, -0.25) is 0 Å². The van der Waals surface area contributed by atoms with Gasteiger partial charge in [-0.05, 0) is 48.2 Å². The van der Waals surface area contributed by atoms with Crippen molar-refractivity contribution in [2.75, 3.05) is 5.32 Å². The van der Waals surface area contributed by atoms with Gasteiger partial charge < -0.3 is 5.32 Å². The Labute approximate surface area is 121 Å². The van der Waals surface area contributed by atoms with Crippen molar-refractivity contribution in [2.45, 2.75) is 18.9 Å². The zero-order valence-corrected chi connectivity index (χ0v) is 11.4. The maximum Gasteiger partial charge on any atom is 0.143 e. The summed E-state index contributed by atoms with van der Waals surface area (Å²) >= 11 is 5.99. The van der Waals surface area contributed by atoms with Crippen molar-refractivity contribution in [2.24, 2.45) is 0 Å². The Morgan fingerprint density at radius 2 is 2.00 bits per heavy atom. The molecular weight excluding hydrogens is 275 g/mol. The van der Waals surface area contributed by atoms with Gasteiger partial charge in [0, 0.05) is 11.1 Å². The Morgan fingerprint density at radius 1 is 1.20 bits per heavy atom. The summed E-state index contributed by atoms with van der Waals surface area (Å²) in [7, 11) is 0. The number of halogens is 2. The minimum Gasteiger partial charge on any atom is -0.380 e. The molecule has 0 saturated heterocycles. The van der Waals surface area contributed by atoms with E-state index in [9.17, 15) is 4.39 Å². The number of fused-ring (bicyclic) bond motifs is 1. The highest BCUT2D eigenvalue weighted by atomic mass is 35.5. The first-order valence-corrected chi connectivity index (χ1v) is 6.77. The van der Waals surface area contributed by atoms with E-state index in [0.717, 1.165) is 17.9 Å². The molecule has 0 amide bonds. The summed E-state index contributed by atoms with van der Waals surface area (Å²) in [5, 5.41) is 13.0. The van der Waals surface area contributed by atoms with Crippen LogP contribution in [0.1, 0.15) is 16.7 Å². The zero-order chi connectivity index (χ0) is 14.1. The molecule has 0 aromatic heterocycles. The van der Waals surface area contributed by atoms with Gasteiger partial charge in [-0.2, -0.15) is 5.26 Å². The lowest BCUT2D eigenvalue weighted by Gasteiger charge is -2.14. The summed E-state index contributed by atoms with van der Waals surface area (Å²) in [5.74, 6) is -0.490. The van der Waals surface area contributed by atoms with Crippen molar-refractivity contribution >= 4 is 17.3 Å². The first-order chi connectivity index (χ1) is 9.67. The predicted octanol–water partition coefficient (Wildman–Crippen LogP) is 3.93. The Morgan fingerprint density at radius 3 is 2.80 bits per heavy atom. The highest BCUT2D eigenvalue weighted by Gasteiger charge is 2.22. The molecule has 2 nitrogen and oxygen atoms in total. The molecule has 1 N–H and O–H groups in total. The van der Waals surface area contributed by atoms with Gasteiger partial charge in [0.2, 0.25) is 0 Å². The lowest BCUT2D eigenvalue weighted by atomic mass is 10.1. The number of nitrogens with one attached hydrogen (secondary N) is 1. The van der Waals surface area contributed by atoms with Crippen LogP contribution in [0.3, 0.4) is 0 Å². The van der Waals surface area contributed by atoms with E-state index < -0.39 is 5.82 Å². The first-order valence-electron chi connectivity index (χ1n) is 6.40. The Bertz CT molecular complexity index is 706. The summed E-state index contributed by atoms with van der Waals surface area (Å²) in [5.41, 5.74) is 3.09. The Hall–Kier alpha value is -2.05. The van der Waals surface area contributed by atoms with Crippen LogP contribution in [0.25, 0.3) is 0 Å². The summed E-state index contributed by atoms with van der Waals surface area (Å²) in [6.45, 7) is 0. The minimum absolute atomic E-state index is 0.0708. The van der Waals surface area contributed by atoms with Crippen LogP contribution < -0.4 is 5.32 Å². The van der Waals surface area contributed by atoms with E-state index in [1.807, 2.05) is 24.3 Å². The van der Waals surface area contributed by atoms with Crippen molar-refractivity contribution in [3.05, 3.63) is 63.9 Å². The smallest absolute Gasteiger partial charge is 0.143 e. The number of anilines is 1. The van der Waals surface area contributed by atoms with Crippen LogP contribution in [0.4, 0.5) is 10.1 Å². The second-order valence-corrected chi connectivity index (χ2v) is 5.37. The van der Waals surface area contributed by atoms with Gasteiger partial charge in [0.05, 0.1) is 5.69 Å². The molecule has 0 heterocycles. The molecule has 1 aliphatic carbocycles. The normalized spacial score (nSPS) is 16.6. The van der Waals surface area contributed by atoms with Crippen molar-refractivity contribution in [3.8, 4) is 6.07 Å². The second kappa shape index (κ2) is 5.15. The number of benzene rings is 2. The van der Waals surface area contributed by atoms with Gasteiger partial charge in [0.1, 0.15) is 17.4 Å². The number of nitrogens with zero attached hydrogens (tertiary/aromatic N) is 1. The molecule has 2 aromatic carbocycles. The van der Waals surface area contributed by atoms with E-state index in [4.69, 9.17) is 16.9 Å². The third kappa shape index (κ3) is 2.35. The molecule has 1 aliphatic rings. The van der Waals surface area contributed by atoms with Crippen LogP contribution in [0.15, 0.2) is 36.4 Å². The average Bonchev–Trinajstić information content (AvgIpc) is 2.80.